The first kappa shape index (κ1) is 20.4. The smallest absolute Gasteiger partial charge is 0.259 e. The van der Waals surface area contributed by atoms with E-state index >= 15 is 0 Å². The van der Waals surface area contributed by atoms with Crippen molar-refractivity contribution in [2.45, 2.75) is 38.1 Å². The number of rotatable bonds is 6. The summed E-state index contributed by atoms with van der Waals surface area (Å²) in [5, 5.41) is 12.4. The van der Waals surface area contributed by atoms with Gasteiger partial charge in [0.15, 0.2) is 5.82 Å². The van der Waals surface area contributed by atoms with Crippen LogP contribution in [0, 0.1) is 5.82 Å². The van der Waals surface area contributed by atoms with Gasteiger partial charge in [-0.3, -0.25) is 0 Å². The average molecular weight is 430 g/mol. The van der Waals surface area contributed by atoms with Gasteiger partial charge < -0.3 is 14.4 Å². The molecule has 0 amide bonds. The van der Waals surface area contributed by atoms with Gasteiger partial charge in [-0.15, -0.1) is 12.4 Å². The van der Waals surface area contributed by atoms with Crippen LogP contribution in [0.5, 0.6) is 0 Å². The zero-order valence-electron chi connectivity index (χ0n) is 16.6. The lowest BCUT2D eigenvalue weighted by Crippen LogP contribution is -2.24. The van der Waals surface area contributed by atoms with Gasteiger partial charge in [0.2, 0.25) is 0 Å². The number of nitrogens with one attached hydrogen (secondary N) is 1. The molecule has 1 N–H and O–H groups in total. The largest absolute Gasteiger partial charge is 0.335 e. The van der Waals surface area contributed by atoms with Gasteiger partial charge >= 0.3 is 0 Å². The molecule has 1 saturated carbocycles. The molecule has 1 aliphatic carbocycles. The standard InChI is InChI=1S/C21H20FN5O2.ClH/c1-11(23-2)9-17-25-20(28-26-17)15-10-16(12-5-7-14(22)8-6-12)24-21-18(15)19(27-29-21)13-3-4-13;/h5-8,10-11,13,23H,3-4,9H2,1-2H3;1H. The van der Waals surface area contributed by atoms with Crippen molar-refractivity contribution >= 4 is 23.5 Å². The lowest BCUT2D eigenvalue weighted by atomic mass is 10.0. The third kappa shape index (κ3) is 3.80. The highest BCUT2D eigenvalue weighted by atomic mass is 35.5. The Labute approximate surface area is 178 Å². The molecule has 156 valence electrons. The fraction of sp³-hybridized carbons (Fsp3) is 0.333. The summed E-state index contributed by atoms with van der Waals surface area (Å²) >= 11 is 0. The molecule has 0 spiro atoms. The van der Waals surface area contributed by atoms with Crippen molar-refractivity contribution in [3.63, 3.8) is 0 Å². The van der Waals surface area contributed by atoms with Crippen LogP contribution in [-0.4, -0.2) is 33.4 Å². The predicted molar refractivity (Wildman–Crippen MR) is 112 cm³/mol. The summed E-state index contributed by atoms with van der Waals surface area (Å²) in [6.45, 7) is 2.05. The Balaban J connectivity index is 0.00000218. The number of hydrogen-bond donors (Lipinski definition) is 1. The molecule has 0 aliphatic heterocycles. The van der Waals surface area contributed by atoms with Gasteiger partial charge in [-0.25, -0.2) is 9.37 Å². The van der Waals surface area contributed by atoms with Crippen LogP contribution < -0.4 is 5.32 Å². The van der Waals surface area contributed by atoms with Gasteiger partial charge in [-0.05, 0) is 57.1 Å². The van der Waals surface area contributed by atoms with E-state index in [4.69, 9.17) is 9.05 Å². The first-order valence-electron chi connectivity index (χ1n) is 9.69. The number of halogens is 2. The van der Waals surface area contributed by atoms with E-state index in [0.717, 1.165) is 35.0 Å². The fourth-order valence-electron chi connectivity index (χ4n) is 3.37. The number of pyridine rings is 1. The molecule has 3 heterocycles. The summed E-state index contributed by atoms with van der Waals surface area (Å²) in [4.78, 5) is 9.20. The van der Waals surface area contributed by atoms with E-state index < -0.39 is 0 Å². The Kier molecular flexibility index (Phi) is 5.53. The molecule has 1 atom stereocenters. The molecule has 0 saturated heterocycles. The van der Waals surface area contributed by atoms with E-state index in [2.05, 4.69) is 32.5 Å². The quantitative estimate of drug-likeness (QED) is 0.481. The molecule has 1 aliphatic rings. The van der Waals surface area contributed by atoms with Gasteiger partial charge in [0.05, 0.1) is 22.3 Å². The van der Waals surface area contributed by atoms with Crippen molar-refractivity contribution in [3.05, 3.63) is 47.7 Å². The second-order valence-corrected chi connectivity index (χ2v) is 7.49. The van der Waals surface area contributed by atoms with Gasteiger partial charge in [0.1, 0.15) is 5.82 Å². The average Bonchev–Trinajstić information content (AvgIpc) is 3.31. The molecule has 4 aromatic rings. The van der Waals surface area contributed by atoms with Gasteiger partial charge in [0, 0.05) is 23.9 Å². The normalized spacial score (nSPS) is 14.6. The van der Waals surface area contributed by atoms with Crippen LogP contribution in [-0.2, 0) is 6.42 Å². The van der Waals surface area contributed by atoms with Crippen LogP contribution in [0.3, 0.4) is 0 Å². The van der Waals surface area contributed by atoms with Crippen molar-refractivity contribution in [2.24, 2.45) is 0 Å². The third-order valence-electron chi connectivity index (χ3n) is 5.26. The Bertz CT molecular complexity index is 1170. The van der Waals surface area contributed by atoms with Gasteiger partial charge in [-0.1, -0.05) is 10.3 Å². The van der Waals surface area contributed by atoms with Crippen molar-refractivity contribution in [2.75, 3.05) is 7.05 Å². The number of fused-ring (bicyclic) bond motifs is 1. The second-order valence-electron chi connectivity index (χ2n) is 7.49. The molecule has 1 unspecified atom stereocenters. The molecule has 1 fully saturated rings. The maximum absolute atomic E-state index is 13.3. The van der Waals surface area contributed by atoms with Crippen LogP contribution in [0.25, 0.3) is 33.8 Å². The van der Waals surface area contributed by atoms with Gasteiger partial charge in [0.25, 0.3) is 11.6 Å². The van der Waals surface area contributed by atoms with E-state index in [9.17, 15) is 4.39 Å². The maximum Gasteiger partial charge on any atom is 0.259 e. The van der Waals surface area contributed by atoms with Crippen LogP contribution in [0.15, 0.2) is 39.4 Å². The zero-order chi connectivity index (χ0) is 20.0. The van der Waals surface area contributed by atoms with E-state index in [-0.39, 0.29) is 24.3 Å². The molecule has 3 aromatic heterocycles. The maximum atomic E-state index is 13.3. The molecular formula is C21H21ClFN5O2. The van der Waals surface area contributed by atoms with E-state index in [1.807, 2.05) is 13.1 Å². The highest BCUT2D eigenvalue weighted by Gasteiger charge is 2.32. The zero-order valence-corrected chi connectivity index (χ0v) is 17.4. The lowest BCUT2D eigenvalue weighted by molar-refractivity contribution is 0.418. The van der Waals surface area contributed by atoms with Gasteiger partial charge in [-0.2, -0.15) is 4.98 Å². The summed E-state index contributed by atoms with van der Waals surface area (Å²) in [7, 11) is 1.89. The van der Waals surface area contributed by atoms with Crippen molar-refractivity contribution in [1.29, 1.82) is 0 Å². The topological polar surface area (TPSA) is 89.9 Å². The molecule has 9 heteroatoms. The lowest BCUT2D eigenvalue weighted by Gasteiger charge is -2.05. The molecule has 0 bridgehead atoms. The first-order valence-corrected chi connectivity index (χ1v) is 9.69. The molecule has 30 heavy (non-hydrogen) atoms. The van der Waals surface area contributed by atoms with Crippen LogP contribution >= 0.6 is 12.4 Å². The number of aromatic nitrogens is 4. The van der Waals surface area contributed by atoms with E-state index in [1.165, 1.54) is 12.1 Å². The number of likely N-dealkylation sites (N-methyl/N-ethyl adjacent to an activating group) is 1. The van der Waals surface area contributed by atoms with Crippen LogP contribution in [0.4, 0.5) is 4.39 Å². The highest BCUT2D eigenvalue weighted by molar-refractivity contribution is 5.94. The summed E-state index contributed by atoms with van der Waals surface area (Å²) in [5.41, 5.74) is 3.45. The van der Waals surface area contributed by atoms with E-state index in [1.54, 1.807) is 12.1 Å². The number of nitrogens with zero attached hydrogens (tertiary/aromatic N) is 4. The minimum absolute atomic E-state index is 0. The highest BCUT2D eigenvalue weighted by Crippen LogP contribution is 2.45. The number of hydrogen-bond acceptors (Lipinski definition) is 7. The molecule has 7 nitrogen and oxygen atoms in total. The molecular weight excluding hydrogens is 409 g/mol. The molecule has 1 aromatic carbocycles. The first-order chi connectivity index (χ1) is 14.1. The Hall–Kier alpha value is -2.84. The predicted octanol–water partition coefficient (Wildman–Crippen LogP) is 4.53. The fourth-order valence-corrected chi connectivity index (χ4v) is 3.37. The Morgan fingerprint density at radius 2 is 1.90 bits per heavy atom. The van der Waals surface area contributed by atoms with E-state index in [0.29, 0.717) is 35.5 Å². The van der Waals surface area contributed by atoms with Crippen molar-refractivity contribution in [1.82, 2.24) is 25.6 Å². The second kappa shape index (κ2) is 8.12. The molecule has 0 radical (unpaired) electrons. The Morgan fingerprint density at radius 1 is 1.13 bits per heavy atom. The summed E-state index contributed by atoms with van der Waals surface area (Å²) in [6.07, 6.45) is 2.81. The minimum Gasteiger partial charge on any atom is -0.335 e. The van der Waals surface area contributed by atoms with Crippen molar-refractivity contribution in [3.8, 4) is 22.7 Å². The van der Waals surface area contributed by atoms with Crippen LogP contribution in [0.2, 0.25) is 0 Å². The SMILES string of the molecule is CNC(C)Cc1noc(-c2cc(-c3ccc(F)cc3)nc3onc(C4CC4)c23)n1.Cl. The third-order valence-corrected chi connectivity index (χ3v) is 5.26. The summed E-state index contributed by atoms with van der Waals surface area (Å²) in [5.74, 6) is 1.11. The van der Waals surface area contributed by atoms with Crippen LogP contribution in [0.1, 0.15) is 37.2 Å². The summed E-state index contributed by atoms with van der Waals surface area (Å²) < 4.78 is 24.5. The number of benzene rings is 1. The Morgan fingerprint density at radius 3 is 2.60 bits per heavy atom. The van der Waals surface area contributed by atoms with Crippen molar-refractivity contribution < 1.29 is 13.4 Å². The summed E-state index contributed by atoms with van der Waals surface area (Å²) in [6, 6.07) is 8.28. The molecule has 5 rings (SSSR count). The minimum atomic E-state index is -0.300. The monoisotopic (exact) mass is 429 g/mol.